The van der Waals surface area contributed by atoms with Crippen molar-refractivity contribution in [1.29, 1.82) is 0 Å². The first-order valence-electron chi connectivity index (χ1n) is 9.10. The normalized spacial score (nSPS) is 10.5. The lowest BCUT2D eigenvalue weighted by molar-refractivity contribution is -0.384. The van der Waals surface area contributed by atoms with Crippen LogP contribution < -0.4 is 14.8 Å². The average molecular weight is 539 g/mol. The van der Waals surface area contributed by atoms with Crippen molar-refractivity contribution < 1.29 is 14.4 Å². The summed E-state index contributed by atoms with van der Waals surface area (Å²) in [5.41, 5.74) is 4.02. The van der Waals surface area contributed by atoms with Crippen LogP contribution in [0.25, 0.3) is 0 Å². The van der Waals surface area contributed by atoms with Crippen LogP contribution in [0.5, 0.6) is 11.5 Å². The molecule has 156 valence electrons. The predicted molar refractivity (Wildman–Crippen MR) is 127 cm³/mol. The van der Waals surface area contributed by atoms with Crippen LogP contribution in [0.3, 0.4) is 0 Å². The molecule has 0 aliphatic heterocycles. The van der Waals surface area contributed by atoms with Gasteiger partial charge < -0.3 is 14.8 Å². The van der Waals surface area contributed by atoms with Crippen molar-refractivity contribution in [2.45, 2.75) is 20.1 Å². The minimum absolute atomic E-state index is 0.0534. The van der Waals surface area contributed by atoms with Gasteiger partial charge in [0.05, 0.1) is 15.6 Å². The summed E-state index contributed by atoms with van der Waals surface area (Å²) in [5.74, 6) is 1.27. The monoisotopic (exact) mass is 538 g/mol. The summed E-state index contributed by atoms with van der Waals surface area (Å²) in [5, 5.41) is 14.9. The van der Waals surface area contributed by atoms with Crippen LogP contribution >= 0.6 is 34.2 Å². The van der Waals surface area contributed by atoms with Gasteiger partial charge in [-0.3, -0.25) is 10.1 Å². The molecule has 0 aromatic heterocycles. The fourth-order valence-electron chi connectivity index (χ4n) is 2.87. The number of nitrogens with zero attached hydrogens (tertiary/aromatic N) is 1. The van der Waals surface area contributed by atoms with Gasteiger partial charge in [-0.05, 0) is 82.6 Å². The van der Waals surface area contributed by atoms with E-state index in [-0.39, 0.29) is 12.3 Å². The molecule has 30 heavy (non-hydrogen) atoms. The van der Waals surface area contributed by atoms with E-state index in [0.717, 1.165) is 25.9 Å². The standard InChI is InChI=1S/C22H20ClIN2O4/c1-14-3-6-17(23)11-20(14)25-12-16-9-19(24)22(21(10-16)29-2)30-13-15-4-7-18(8-5-15)26(27)28/h3-11,25H,12-13H2,1-2H3. The molecule has 3 aromatic rings. The summed E-state index contributed by atoms with van der Waals surface area (Å²) >= 11 is 8.31. The zero-order valence-corrected chi connectivity index (χ0v) is 19.4. The number of ether oxygens (including phenoxy) is 2. The minimum Gasteiger partial charge on any atom is -0.493 e. The van der Waals surface area contributed by atoms with Gasteiger partial charge in [0.2, 0.25) is 0 Å². The van der Waals surface area contributed by atoms with Crippen LogP contribution in [0.2, 0.25) is 5.02 Å². The molecule has 0 aliphatic carbocycles. The van der Waals surface area contributed by atoms with Crippen LogP contribution in [0, 0.1) is 20.6 Å². The molecular formula is C22H20ClIN2O4. The second kappa shape index (κ2) is 9.99. The van der Waals surface area contributed by atoms with E-state index in [4.69, 9.17) is 21.1 Å². The highest BCUT2D eigenvalue weighted by Gasteiger charge is 2.13. The SMILES string of the molecule is COc1cc(CNc2cc(Cl)ccc2C)cc(I)c1OCc1ccc([N+](=O)[O-])cc1. The summed E-state index contributed by atoms with van der Waals surface area (Å²) < 4.78 is 12.4. The predicted octanol–water partition coefficient (Wildman–Crippen LogP) is 6.36. The van der Waals surface area contributed by atoms with Gasteiger partial charge in [0.15, 0.2) is 11.5 Å². The van der Waals surface area contributed by atoms with Gasteiger partial charge in [0.1, 0.15) is 6.61 Å². The lowest BCUT2D eigenvalue weighted by Crippen LogP contribution is -2.04. The Labute approximate surface area is 193 Å². The third kappa shape index (κ3) is 5.54. The largest absolute Gasteiger partial charge is 0.493 e. The van der Waals surface area contributed by atoms with Gasteiger partial charge in [-0.25, -0.2) is 0 Å². The fourth-order valence-corrected chi connectivity index (χ4v) is 3.86. The first-order valence-corrected chi connectivity index (χ1v) is 10.6. The topological polar surface area (TPSA) is 73.6 Å². The lowest BCUT2D eigenvalue weighted by atomic mass is 10.1. The molecule has 0 unspecified atom stereocenters. The summed E-state index contributed by atoms with van der Waals surface area (Å²) in [6.07, 6.45) is 0. The highest BCUT2D eigenvalue weighted by Crippen LogP contribution is 2.35. The van der Waals surface area contributed by atoms with Crippen LogP contribution in [0.1, 0.15) is 16.7 Å². The highest BCUT2D eigenvalue weighted by molar-refractivity contribution is 14.1. The molecule has 8 heteroatoms. The van der Waals surface area contributed by atoms with Crippen LogP contribution in [0.4, 0.5) is 11.4 Å². The van der Waals surface area contributed by atoms with Gasteiger partial charge in [-0.15, -0.1) is 0 Å². The maximum Gasteiger partial charge on any atom is 0.269 e. The molecular weight excluding hydrogens is 519 g/mol. The summed E-state index contributed by atoms with van der Waals surface area (Å²) in [7, 11) is 1.60. The van der Waals surface area contributed by atoms with E-state index in [2.05, 4.69) is 27.9 Å². The van der Waals surface area contributed by atoms with Crippen molar-refractivity contribution in [2.75, 3.05) is 12.4 Å². The quantitative estimate of drug-likeness (QED) is 0.205. The van der Waals surface area contributed by atoms with Crippen LogP contribution in [0.15, 0.2) is 54.6 Å². The molecule has 0 aliphatic rings. The summed E-state index contributed by atoms with van der Waals surface area (Å²) in [6, 6.07) is 16.0. The van der Waals surface area contributed by atoms with Gasteiger partial charge in [0, 0.05) is 29.4 Å². The number of benzene rings is 3. The van der Waals surface area contributed by atoms with E-state index < -0.39 is 4.92 Å². The second-order valence-corrected chi connectivity index (χ2v) is 8.23. The Morgan fingerprint density at radius 1 is 1.10 bits per heavy atom. The maximum atomic E-state index is 10.8. The molecule has 6 nitrogen and oxygen atoms in total. The highest BCUT2D eigenvalue weighted by atomic mass is 127. The third-order valence-electron chi connectivity index (χ3n) is 4.50. The van der Waals surface area contributed by atoms with Crippen molar-refractivity contribution in [2.24, 2.45) is 0 Å². The van der Waals surface area contributed by atoms with E-state index in [1.807, 2.05) is 37.3 Å². The number of methoxy groups -OCH3 is 1. The van der Waals surface area contributed by atoms with E-state index in [1.54, 1.807) is 19.2 Å². The molecule has 0 bridgehead atoms. The smallest absolute Gasteiger partial charge is 0.269 e. The average Bonchev–Trinajstić information content (AvgIpc) is 2.73. The van der Waals surface area contributed by atoms with Crippen molar-refractivity contribution in [3.63, 3.8) is 0 Å². The first kappa shape index (κ1) is 22.2. The Morgan fingerprint density at radius 2 is 1.83 bits per heavy atom. The van der Waals surface area contributed by atoms with E-state index in [0.29, 0.717) is 23.1 Å². The number of hydrogen-bond donors (Lipinski definition) is 1. The molecule has 0 atom stereocenters. The minimum atomic E-state index is -0.422. The third-order valence-corrected chi connectivity index (χ3v) is 5.54. The molecule has 0 spiro atoms. The molecule has 0 fully saturated rings. The molecule has 0 radical (unpaired) electrons. The van der Waals surface area contributed by atoms with Crippen LogP contribution in [-0.2, 0) is 13.2 Å². The zero-order valence-electron chi connectivity index (χ0n) is 16.4. The maximum absolute atomic E-state index is 10.8. The van der Waals surface area contributed by atoms with Crippen molar-refractivity contribution >= 4 is 45.6 Å². The Balaban J connectivity index is 1.71. The molecule has 3 rings (SSSR count). The number of nitro benzene ring substituents is 1. The molecule has 0 saturated heterocycles. The van der Waals surface area contributed by atoms with Gasteiger partial charge in [-0.1, -0.05) is 17.7 Å². The van der Waals surface area contributed by atoms with E-state index in [9.17, 15) is 10.1 Å². The second-order valence-electron chi connectivity index (χ2n) is 6.63. The number of nitrogens with one attached hydrogen (secondary N) is 1. The number of rotatable bonds is 8. The molecule has 0 amide bonds. The number of hydrogen-bond acceptors (Lipinski definition) is 5. The number of anilines is 1. The van der Waals surface area contributed by atoms with Crippen molar-refractivity contribution in [1.82, 2.24) is 0 Å². The van der Waals surface area contributed by atoms with Crippen molar-refractivity contribution in [3.05, 3.63) is 90.0 Å². The van der Waals surface area contributed by atoms with Gasteiger partial charge >= 0.3 is 0 Å². The summed E-state index contributed by atoms with van der Waals surface area (Å²) in [4.78, 5) is 10.4. The molecule has 1 N–H and O–H groups in total. The lowest BCUT2D eigenvalue weighted by Gasteiger charge is -2.16. The fraction of sp³-hybridized carbons (Fsp3) is 0.182. The van der Waals surface area contributed by atoms with Gasteiger partial charge in [-0.2, -0.15) is 0 Å². The van der Waals surface area contributed by atoms with Crippen molar-refractivity contribution in [3.8, 4) is 11.5 Å². The molecule has 0 saturated carbocycles. The molecule has 0 heterocycles. The first-order chi connectivity index (χ1) is 14.4. The van der Waals surface area contributed by atoms with Crippen LogP contribution in [-0.4, -0.2) is 12.0 Å². The molecule has 3 aromatic carbocycles. The summed E-state index contributed by atoms with van der Waals surface area (Å²) in [6.45, 7) is 2.91. The zero-order chi connectivity index (χ0) is 21.7. The number of nitro groups is 1. The van der Waals surface area contributed by atoms with E-state index in [1.165, 1.54) is 12.1 Å². The number of aryl methyl sites for hydroxylation is 1. The van der Waals surface area contributed by atoms with E-state index >= 15 is 0 Å². The van der Waals surface area contributed by atoms with Gasteiger partial charge in [0.25, 0.3) is 5.69 Å². The Bertz CT molecular complexity index is 1060. The number of halogens is 2. The Kier molecular flexibility index (Phi) is 7.38. The number of non-ortho nitro benzene ring substituents is 1. The Hall–Kier alpha value is -2.52. The Morgan fingerprint density at radius 3 is 2.50 bits per heavy atom.